The molecule has 4 heterocycles. The fourth-order valence-corrected chi connectivity index (χ4v) is 6.08. The third-order valence-electron chi connectivity index (χ3n) is 5.06. The number of rotatable bonds is 4. The number of nitrogens with zero attached hydrogens (tertiary/aromatic N) is 5. The molecular weight excluding hydrogens is 426 g/mol. The maximum atomic E-state index is 13.7. The van der Waals surface area contributed by atoms with Crippen LogP contribution in [0.4, 0.5) is 0 Å². The summed E-state index contributed by atoms with van der Waals surface area (Å²) in [7, 11) is 2.11. The van der Waals surface area contributed by atoms with E-state index in [9.17, 15) is 4.79 Å². The van der Waals surface area contributed by atoms with Crippen LogP contribution in [0.25, 0.3) is 21.7 Å². The first-order chi connectivity index (χ1) is 14.1. The molecule has 4 aromatic rings. The van der Waals surface area contributed by atoms with Gasteiger partial charge in [0.05, 0.1) is 11.1 Å². The van der Waals surface area contributed by atoms with Crippen molar-refractivity contribution >= 4 is 50.7 Å². The molecule has 0 fully saturated rings. The van der Waals surface area contributed by atoms with Crippen LogP contribution < -0.4 is 5.56 Å². The number of thiophene rings is 1. The molecule has 0 amide bonds. The highest BCUT2D eigenvalue weighted by Gasteiger charge is 2.26. The van der Waals surface area contributed by atoms with E-state index in [-0.39, 0.29) is 5.56 Å². The minimum absolute atomic E-state index is 0.0653. The average molecular weight is 444 g/mol. The van der Waals surface area contributed by atoms with Crippen LogP contribution in [0.3, 0.4) is 0 Å². The fourth-order valence-electron chi connectivity index (χ4n) is 3.76. The highest BCUT2D eigenvalue weighted by atomic mass is 35.5. The van der Waals surface area contributed by atoms with Gasteiger partial charge in [0.2, 0.25) is 5.78 Å². The molecular formula is C20H18ClN5OS2. The molecule has 1 aliphatic heterocycles. The molecule has 0 saturated carbocycles. The van der Waals surface area contributed by atoms with Crippen molar-refractivity contribution in [3.63, 3.8) is 0 Å². The van der Waals surface area contributed by atoms with Gasteiger partial charge >= 0.3 is 0 Å². The topological polar surface area (TPSA) is 55.4 Å². The molecule has 0 unspecified atom stereocenters. The normalized spacial score (nSPS) is 14.6. The maximum absolute atomic E-state index is 13.7. The standard InChI is InChI=1S/C20H18ClN5OS2/c1-3-9-28-20-23-22-19-25(13-6-4-5-12(21)10-13)17(27)16-14-7-8-24(2)11-15(14)29-18(16)26(19)20/h3-6,10H,1,7-9,11H2,2H3. The lowest BCUT2D eigenvalue weighted by atomic mass is 10.1. The van der Waals surface area contributed by atoms with E-state index >= 15 is 0 Å². The molecule has 148 valence electrons. The van der Waals surface area contributed by atoms with Crippen LogP contribution in [-0.4, -0.2) is 43.4 Å². The van der Waals surface area contributed by atoms with Crippen molar-refractivity contribution in [3.05, 3.63) is 62.7 Å². The predicted octanol–water partition coefficient (Wildman–Crippen LogP) is 4.01. The number of likely N-dealkylation sites (N-methyl/N-ethyl adjacent to an activating group) is 1. The zero-order valence-electron chi connectivity index (χ0n) is 15.8. The van der Waals surface area contributed by atoms with E-state index in [1.165, 1.54) is 4.88 Å². The summed E-state index contributed by atoms with van der Waals surface area (Å²) in [6.45, 7) is 5.59. The van der Waals surface area contributed by atoms with Gasteiger partial charge in [-0.1, -0.05) is 35.5 Å². The Balaban J connectivity index is 1.91. The monoisotopic (exact) mass is 443 g/mol. The van der Waals surface area contributed by atoms with Crippen LogP contribution in [-0.2, 0) is 13.0 Å². The summed E-state index contributed by atoms with van der Waals surface area (Å²) < 4.78 is 3.64. The number of benzene rings is 1. The first kappa shape index (κ1) is 18.9. The zero-order valence-corrected chi connectivity index (χ0v) is 18.1. The molecule has 6 nitrogen and oxygen atoms in total. The SMILES string of the molecule is C=CCSc1nnc2n(-c3cccc(Cl)c3)c(=O)c3c4c(sc3n12)CN(C)CC4. The maximum Gasteiger partial charge on any atom is 0.268 e. The van der Waals surface area contributed by atoms with Crippen molar-refractivity contribution in [2.75, 3.05) is 19.3 Å². The summed E-state index contributed by atoms with van der Waals surface area (Å²) in [6.07, 6.45) is 2.70. The highest BCUT2D eigenvalue weighted by Crippen LogP contribution is 2.35. The summed E-state index contributed by atoms with van der Waals surface area (Å²) in [5.74, 6) is 1.22. The molecule has 29 heavy (non-hydrogen) atoms. The van der Waals surface area contributed by atoms with E-state index < -0.39 is 0 Å². The Morgan fingerprint density at radius 1 is 1.38 bits per heavy atom. The molecule has 0 saturated heterocycles. The molecule has 1 aliphatic rings. The van der Waals surface area contributed by atoms with Crippen molar-refractivity contribution in [1.82, 2.24) is 24.1 Å². The van der Waals surface area contributed by atoms with Gasteiger partial charge in [-0.15, -0.1) is 28.1 Å². The molecule has 0 radical (unpaired) electrons. The third kappa shape index (κ3) is 3.02. The van der Waals surface area contributed by atoms with Gasteiger partial charge in [-0.25, -0.2) is 8.97 Å². The number of thioether (sulfide) groups is 1. The van der Waals surface area contributed by atoms with Crippen LogP contribution in [0.1, 0.15) is 10.4 Å². The van der Waals surface area contributed by atoms with Crippen molar-refractivity contribution in [2.45, 2.75) is 18.1 Å². The van der Waals surface area contributed by atoms with Gasteiger partial charge < -0.3 is 4.90 Å². The van der Waals surface area contributed by atoms with E-state index in [4.69, 9.17) is 11.6 Å². The van der Waals surface area contributed by atoms with E-state index in [0.29, 0.717) is 22.2 Å². The van der Waals surface area contributed by atoms with Crippen molar-refractivity contribution in [3.8, 4) is 5.69 Å². The van der Waals surface area contributed by atoms with Gasteiger partial charge in [-0.2, -0.15) is 0 Å². The number of halogens is 1. The summed E-state index contributed by atoms with van der Waals surface area (Å²) in [5, 5.41) is 10.9. The lowest BCUT2D eigenvalue weighted by Crippen LogP contribution is -2.27. The van der Waals surface area contributed by atoms with Gasteiger partial charge in [0.25, 0.3) is 5.56 Å². The van der Waals surface area contributed by atoms with Crippen LogP contribution in [0, 0.1) is 0 Å². The lowest BCUT2D eigenvalue weighted by molar-refractivity contribution is 0.318. The van der Waals surface area contributed by atoms with Crippen molar-refractivity contribution in [2.24, 2.45) is 0 Å². The second-order valence-corrected chi connectivity index (χ2v) is 9.52. The molecule has 0 aliphatic carbocycles. The second-order valence-electron chi connectivity index (χ2n) is 7.01. The molecule has 0 bridgehead atoms. The van der Waals surface area contributed by atoms with Crippen LogP contribution in [0.15, 0.2) is 46.9 Å². The summed E-state index contributed by atoms with van der Waals surface area (Å²) in [4.78, 5) is 18.1. The smallest absolute Gasteiger partial charge is 0.268 e. The molecule has 0 atom stereocenters. The summed E-state index contributed by atoms with van der Waals surface area (Å²) in [5.41, 5.74) is 1.78. The van der Waals surface area contributed by atoms with E-state index in [1.807, 2.05) is 22.6 Å². The zero-order chi connectivity index (χ0) is 20.1. The van der Waals surface area contributed by atoms with Gasteiger partial charge in [-0.3, -0.25) is 4.79 Å². The van der Waals surface area contributed by atoms with Crippen LogP contribution in [0.2, 0.25) is 5.02 Å². The van der Waals surface area contributed by atoms with E-state index in [1.54, 1.807) is 39.8 Å². The lowest BCUT2D eigenvalue weighted by Gasteiger charge is -2.21. The van der Waals surface area contributed by atoms with Crippen LogP contribution in [0.5, 0.6) is 0 Å². The quantitative estimate of drug-likeness (QED) is 0.352. The number of hydrogen-bond acceptors (Lipinski definition) is 6. The number of hydrogen-bond donors (Lipinski definition) is 0. The fraction of sp³-hybridized carbons (Fsp3) is 0.250. The summed E-state index contributed by atoms with van der Waals surface area (Å²) >= 11 is 9.45. The van der Waals surface area contributed by atoms with E-state index in [0.717, 1.165) is 40.4 Å². The number of aromatic nitrogens is 4. The Hall–Kier alpha value is -2.13. The Labute approximate surface area is 180 Å². The molecule has 5 rings (SSSR count). The van der Waals surface area contributed by atoms with Crippen LogP contribution >= 0.6 is 34.7 Å². The van der Waals surface area contributed by atoms with Gasteiger partial charge in [0, 0.05) is 28.7 Å². The molecule has 9 heteroatoms. The average Bonchev–Trinajstić information content (AvgIpc) is 3.27. The van der Waals surface area contributed by atoms with Crippen molar-refractivity contribution in [1.29, 1.82) is 0 Å². The highest BCUT2D eigenvalue weighted by molar-refractivity contribution is 7.99. The number of fused-ring (bicyclic) bond motifs is 5. The molecule has 3 aromatic heterocycles. The van der Waals surface area contributed by atoms with E-state index in [2.05, 4.69) is 28.7 Å². The summed E-state index contributed by atoms with van der Waals surface area (Å²) in [6, 6.07) is 7.29. The second kappa shape index (κ2) is 7.28. The molecule has 0 spiro atoms. The molecule has 1 aromatic carbocycles. The molecule has 0 N–H and O–H groups in total. The predicted molar refractivity (Wildman–Crippen MR) is 120 cm³/mol. The van der Waals surface area contributed by atoms with Crippen molar-refractivity contribution < 1.29 is 0 Å². The minimum Gasteiger partial charge on any atom is -0.301 e. The van der Waals surface area contributed by atoms with Gasteiger partial charge in [-0.05, 0) is 37.2 Å². The largest absolute Gasteiger partial charge is 0.301 e. The Morgan fingerprint density at radius 3 is 3.03 bits per heavy atom. The Kier molecular flexibility index (Phi) is 4.74. The first-order valence-corrected chi connectivity index (χ1v) is 11.4. The first-order valence-electron chi connectivity index (χ1n) is 9.21. The van der Waals surface area contributed by atoms with Gasteiger partial charge in [0.15, 0.2) is 5.16 Å². The minimum atomic E-state index is -0.0653. The Morgan fingerprint density at radius 2 is 2.24 bits per heavy atom. The Bertz CT molecular complexity index is 1320. The van der Waals surface area contributed by atoms with Gasteiger partial charge in [0.1, 0.15) is 4.83 Å². The third-order valence-corrected chi connectivity index (χ3v) is 7.42.